The molecule has 1 amide bonds. The number of pyridine rings is 1. The van der Waals surface area contributed by atoms with Gasteiger partial charge in [-0.25, -0.2) is 4.98 Å². The fourth-order valence-electron chi connectivity index (χ4n) is 2.66. The van der Waals surface area contributed by atoms with E-state index in [2.05, 4.69) is 16.4 Å². The maximum Gasteiger partial charge on any atom is 0.230 e. The van der Waals surface area contributed by atoms with Crippen LogP contribution in [0, 0.1) is 20.8 Å². The van der Waals surface area contributed by atoms with E-state index in [1.807, 2.05) is 32.9 Å². The molecule has 112 valence electrons. The number of rotatable bonds is 3. The highest BCUT2D eigenvalue weighted by Crippen LogP contribution is 2.26. The minimum Gasteiger partial charge on any atom is -0.464 e. The van der Waals surface area contributed by atoms with E-state index in [1.54, 1.807) is 18.5 Å². The molecular weight excluding hydrogens is 276 g/mol. The van der Waals surface area contributed by atoms with Crippen molar-refractivity contribution in [2.45, 2.75) is 27.2 Å². The van der Waals surface area contributed by atoms with Crippen LogP contribution in [0.2, 0.25) is 0 Å². The van der Waals surface area contributed by atoms with Gasteiger partial charge in [0.25, 0.3) is 0 Å². The number of anilines is 1. The zero-order valence-electron chi connectivity index (χ0n) is 12.9. The average Bonchev–Trinajstić information content (AvgIpc) is 2.84. The Kier molecular flexibility index (Phi) is 3.67. The van der Waals surface area contributed by atoms with Gasteiger partial charge in [-0.3, -0.25) is 4.79 Å². The van der Waals surface area contributed by atoms with Crippen LogP contribution in [0.4, 0.5) is 5.82 Å². The molecule has 2 heterocycles. The number of hydrogen-bond donors (Lipinski definition) is 1. The second kappa shape index (κ2) is 5.64. The van der Waals surface area contributed by atoms with Crippen LogP contribution < -0.4 is 5.32 Å². The molecule has 1 aromatic carbocycles. The molecular formula is C18H18N2O2. The summed E-state index contributed by atoms with van der Waals surface area (Å²) in [5.74, 6) is 0.468. The summed E-state index contributed by atoms with van der Waals surface area (Å²) in [6.45, 7) is 6.03. The quantitative estimate of drug-likeness (QED) is 0.796. The topological polar surface area (TPSA) is 55.1 Å². The fraction of sp³-hybridized carbons (Fsp3) is 0.222. The zero-order chi connectivity index (χ0) is 15.7. The largest absolute Gasteiger partial charge is 0.464 e. The zero-order valence-corrected chi connectivity index (χ0v) is 12.9. The first-order valence-corrected chi connectivity index (χ1v) is 7.23. The Hall–Kier alpha value is -2.62. The van der Waals surface area contributed by atoms with Gasteiger partial charge < -0.3 is 9.73 Å². The van der Waals surface area contributed by atoms with E-state index >= 15 is 0 Å². The molecule has 22 heavy (non-hydrogen) atoms. The predicted molar refractivity (Wildman–Crippen MR) is 87.0 cm³/mol. The monoisotopic (exact) mass is 294 g/mol. The number of fused-ring (bicyclic) bond motifs is 1. The molecule has 0 radical (unpaired) electrons. The van der Waals surface area contributed by atoms with E-state index in [-0.39, 0.29) is 12.3 Å². The fourth-order valence-corrected chi connectivity index (χ4v) is 2.66. The summed E-state index contributed by atoms with van der Waals surface area (Å²) in [7, 11) is 0. The molecule has 1 N–H and O–H groups in total. The summed E-state index contributed by atoms with van der Waals surface area (Å²) in [6.07, 6.45) is 3.67. The maximum absolute atomic E-state index is 12.2. The Morgan fingerprint density at radius 2 is 2.00 bits per heavy atom. The van der Waals surface area contributed by atoms with Crippen molar-refractivity contribution in [2.24, 2.45) is 0 Å². The molecule has 0 aliphatic carbocycles. The van der Waals surface area contributed by atoms with Crippen molar-refractivity contribution in [1.29, 1.82) is 0 Å². The first kappa shape index (κ1) is 14.3. The SMILES string of the molecule is Cc1ccc(NC(=O)Cc2coc3cc(C)cc(C)c23)nc1. The lowest BCUT2D eigenvalue weighted by Crippen LogP contribution is -2.15. The van der Waals surface area contributed by atoms with Crippen molar-refractivity contribution in [3.05, 3.63) is 59.0 Å². The highest BCUT2D eigenvalue weighted by atomic mass is 16.3. The van der Waals surface area contributed by atoms with Gasteiger partial charge >= 0.3 is 0 Å². The first-order chi connectivity index (χ1) is 10.5. The van der Waals surface area contributed by atoms with Gasteiger partial charge in [-0.05, 0) is 49.6 Å². The Labute approximate surface area is 129 Å². The molecule has 0 aliphatic heterocycles. The molecule has 3 rings (SSSR count). The summed E-state index contributed by atoms with van der Waals surface area (Å²) in [5.41, 5.74) is 5.06. The van der Waals surface area contributed by atoms with Crippen LogP contribution in [-0.2, 0) is 11.2 Å². The van der Waals surface area contributed by atoms with Gasteiger partial charge in [0, 0.05) is 17.1 Å². The third-order valence-corrected chi connectivity index (χ3v) is 3.62. The van der Waals surface area contributed by atoms with E-state index in [4.69, 9.17) is 4.42 Å². The molecule has 0 bridgehead atoms. The Morgan fingerprint density at radius 3 is 2.73 bits per heavy atom. The molecule has 3 aromatic rings. The van der Waals surface area contributed by atoms with E-state index in [9.17, 15) is 4.79 Å². The van der Waals surface area contributed by atoms with Crippen molar-refractivity contribution < 1.29 is 9.21 Å². The van der Waals surface area contributed by atoms with E-state index in [0.717, 1.165) is 33.2 Å². The number of carbonyl (C=O) groups excluding carboxylic acids is 1. The van der Waals surface area contributed by atoms with Crippen molar-refractivity contribution >= 4 is 22.7 Å². The molecule has 2 aromatic heterocycles. The number of hydrogen-bond acceptors (Lipinski definition) is 3. The Balaban J connectivity index is 1.81. The maximum atomic E-state index is 12.2. The van der Waals surface area contributed by atoms with E-state index in [1.165, 1.54) is 0 Å². The smallest absolute Gasteiger partial charge is 0.230 e. The molecule has 0 unspecified atom stereocenters. The van der Waals surface area contributed by atoms with Gasteiger partial charge in [-0.2, -0.15) is 0 Å². The van der Waals surface area contributed by atoms with Crippen LogP contribution >= 0.6 is 0 Å². The van der Waals surface area contributed by atoms with Gasteiger partial charge in [0.1, 0.15) is 11.4 Å². The number of aryl methyl sites for hydroxylation is 3. The average molecular weight is 294 g/mol. The summed E-state index contributed by atoms with van der Waals surface area (Å²) in [4.78, 5) is 16.4. The Bertz CT molecular complexity index is 832. The molecule has 0 fully saturated rings. The molecule has 0 saturated heterocycles. The van der Waals surface area contributed by atoms with Crippen LogP contribution in [0.15, 0.2) is 41.1 Å². The second-order valence-corrected chi connectivity index (χ2v) is 5.66. The summed E-state index contributed by atoms with van der Waals surface area (Å²) >= 11 is 0. The van der Waals surface area contributed by atoms with Crippen molar-refractivity contribution in [3.8, 4) is 0 Å². The third-order valence-electron chi connectivity index (χ3n) is 3.62. The normalized spacial score (nSPS) is 10.9. The van der Waals surface area contributed by atoms with Gasteiger partial charge in [-0.15, -0.1) is 0 Å². The van der Waals surface area contributed by atoms with Crippen LogP contribution in [0.5, 0.6) is 0 Å². The Morgan fingerprint density at radius 1 is 1.18 bits per heavy atom. The highest BCUT2D eigenvalue weighted by molar-refractivity contribution is 5.95. The van der Waals surface area contributed by atoms with E-state index in [0.29, 0.717) is 5.82 Å². The van der Waals surface area contributed by atoms with Gasteiger partial charge in [0.2, 0.25) is 5.91 Å². The number of nitrogens with one attached hydrogen (secondary N) is 1. The van der Waals surface area contributed by atoms with Gasteiger partial charge in [0.15, 0.2) is 0 Å². The number of furan rings is 1. The summed E-state index contributed by atoms with van der Waals surface area (Å²) < 4.78 is 5.58. The minimum atomic E-state index is -0.0981. The summed E-state index contributed by atoms with van der Waals surface area (Å²) in [6, 6.07) is 7.81. The lowest BCUT2D eigenvalue weighted by atomic mass is 10.0. The molecule has 4 heteroatoms. The molecule has 0 aliphatic rings. The van der Waals surface area contributed by atoms with Crippen LogP contribution in [0.1, 0.15) is 22.3 Å². The van der Waals surface area contributed by atoms with Crippen molar-refractivity contribution in [3.63, 3.8) is 0 Å². The number of aromatic nitrogens is 1. The van der Waals surface area contributed by atoms with Crippen LogP contribution in [0.25, 0.3) is 11.0 Å². The predicted octanol–water partition coefficient (Wildman–Crippen LogP) is 3.93. The molecule has 4 nitrogen and oxygen atoms in total. The first-order valence-electron chi connectivity index (χ1n) is 7.23. The molecule has 0 spiro atoms. The lowest BCUT2D eigenvalue weighted by molar-refractivity contribution is -0.115. The van der Waals surface area contributed by atoms with Crippen molar-refractivity contribution in [1.82, 2.24) is 4.98 Å². The van der Waals surface area contributed by atoms with Crippen molar-refractivity contribution in [2.75, 3.05) is 5.32 Å². The number of nitrogens with zero attached hydrogens (tertiary/aromatic N) is 1. The van der Waals surface area contributed by atoms with Crippen LogP contribution in [0.3, 0.4) is 0 Å². The number of benzene rings is 1. The highest BCUT2D eigenvalue weighted by Gasteiger charge is 2.13. The molecule has 0 saturated carbocycles. The van der Waals surface area contributed by atoms with E-state index < -0.39 is 0 Å². The number of carbonyl (C=O) groups is 1. The van der Waals surface area contributed by atoms with Crippen LogP contribution in [-0.4, -0.2) is 10.9 Å². The minimum absolute atomic E-state index is 0.0981. The standard InChI is InChI=1S/C18H18N2O2/c1-11-4-5-16(19-9-11)20-17(21)8-14-10-22-15-7-12(2)6-13(3)18(14)15/h4-7,9-10H,8H2,1-3H3,(H,19,20,21). The third kappa shape index (κ3) is 2.86. The lowest BCUT2D eigenvalue weighted by Gasteiger charge is -2.05. The van der Waals surface area contributed by atoms with Gasteiger partial charge in [-0.1, -0.05) is 12.1 Å². The number of amides is 1. The second-order valence-electron chi connectivity index (χ2n) is 5.66. The van der Waals surface area contributed by atoms with Gasteiger partial charge in [0.05, 0.1) is 12.7 Å². The molecule has 0 atom stereocenters. The summed E-state index contributed by atoms with van der Waals surface area (Å²) in [5, 5.41) is 3.84.